The summed E-state index contributed by atoms with van der Waals surface area (Å²) in [7, 11) is -3.72. The standard InChI is InChI=1S/C26H29N3O4S/c1-20(26(30)27-21-10-12-22(13-11-21)28-18-6-7-19-28)29(34(2,31)32)23-14-16-25(17-15-23)33-24-8-4-3-5-9-24/h3-5,8-17,20H,6-7,18-19H2,1-2H3,(H,27,30). The lowest BCUT2D eigenvalue weighted by atomic mass is 10.2. The van der Waals surface area contributed by atoms with E-state index in [-0.39, 0.29) is 0 Å². The van der Waals surface area contributed by atoms with E-state index in [4.69, 9.17) is 4.74 Å². The summed E-state index contributed by atoms with van der Waals surface area (Å²) in [5.41, 5.74) is 2.13. The van der Waals surface area contributed by atoms with Gasteiger partial charge < -0.3 is 15.0 Å². The minimum Gasteiger partial charge on any atom is -0.457 e. The third kappa shape index (κ3) is 5.69. The lowest BCUT2D eigenvalue weighted by molar-refractivity contribution is -0.116. The molecular weight excluding hydrogens is 450 g/mol. The molecule has 0 aliphatic carbocycles. The predicted molar refractivity (Wildman–Crippen MR) is 136 cm³/mol. The molecule has 1 aliphatic rings. The number of anilines is 3. The topological polar surface area (TPSA) is 79.0 Å². The van der Waals surface area contributed by atoms with Gasteiger partial charge in [-0.25, -0.2) is 8.42 Å². The molecule has 1 saturated heterocycles. The average Bonchev–Trinajstić information content (AvgIpc) is 3.36. The number of amides is 1. The highest BCUT2D eigenvalue weighted by Gasteiger charge is 2.29. The molecule has 178 valence electrons. The third-order valence-electron chi connectivity index (χ3n) is 5.76. The number of nitrogens with zero attached hydrogens (tertiary/aromatic N) is 2. The van der Waals surface area contributed by atoms with E-state index < -0.39 is 22.0 Å². The highest BCUT2D eigenvalue weighted by Crippen LogP contribution is 2.27. The normalized spacial score (nSPS) is 14.5. The SMILES string of the molecule is CC(C(=O)Nc1ccc(N2CCCC2)cc1)N(c1ccc(Oc2ccccc2)cc1)S(C)(=O)=O. The van der Waals surface area contributed by atoms with E-state index in [1.165, 1.54) is 12.8 Å². The zero-order valence-corrected chi connectivity index (χ0v) is 20.2. The lowest BCUT2D eigenvalue weighted by Crippen LogP contribution is -2.45. The van der Waals surface area contributed by atoms with Gasteiger partial charge in [0.2, 0.25) is 15.9 Å². The Morgan fingerprint density at radius 2 is 1.50 bits per heavy atom. The molecule has 3 aromatic carbocycles. The van der Waals surface area contributed by atoms with Crippen LogP contribution in [0.3, 0.4) is 0 Å². The fourth-order valence-electron chi connectivity index (χ4n) is 4.07. The van der Waals surface area contributed by atoms with Crippen LogP contribution >= 0.6 is 0 Å². The number of carbonyl (C=O) groups excluding carboxylic acids is 1. The summed E-state index contributed by atoms with van der Waals surface area (Å²) < 4.78 is 32.1. The van der Waals surface area contributed by atoms with Gasteiger partial charge in [-0.05, 0) is 80.4 Å². The molecule has 1 aliphatic heterocycles. The maximum atomic E-state index is 13.0. The minimum atomic E-state index is -3.72. The second-order valence-electron chi connectivity index (χ2n) is 8.37. The summed E-state index contributed by atoms with van der Waals surface area (Å²) in [6.07, 6.45) is 3.48. The Morgan fingerprint density at radius 1 is 0.912 bits per heavy atom. The lowest BCUT2D eigenvalue weighted by Gasteiger charge is -2.28. The van der Waals surface area contributed by atoms with Crippen molar-refractivity contribution in [2.45, 2.75) is 25.8 Å². The number of hydrogen-bond acceptors (Lipinski definition) is 5. The quantitative estimate of drug-likeness (QED) is 0.499. The summed E-state index contributed by atoms with van der Waals surface area (Å²) >= 11 is 0. The second kappa shape index (κ2) is 10.2. The van der Waals surface area contributed by atoms with Crippen molar-refractivity contribution in [3.05, 3.63) is 78.9 Å². The minimum absolute atomic E-state index is 0.384. The first-order valence-corrected chi connectivity index (χ1v) is 13.1. The van der Waals surface area contributed by atoms with Crippen LogP contribution < -0.4 is 19.3 Å². The number of ether oxygens (including phenoxy) is 1. The second-order valence-corrected chi connectivity index (χ2v) is 10.2. The van der Waals surface area contributed by atoms with Gasteiger partial charge in [-0.2, -0.15) is 0 Å². The number of nitrogens with one attached hydrogen (secondary N) is 1. The van der Waals surface area contributed by atoms with Crippen molar-refractivity contribution in [2.75, 3.05) is 33.9 Å². The van der Waals surface area contributed by atoms with Gasteiger partial charge in [-0.3, -0.25) is 9.10 Å². The Labute approximate surface area is 201 Å². The van der Waals surface area contributed by atoms with Gasteiger partial charge in [0, 0.05) is 24.5 Å². The number of hydrogen-bond donors (Lipinski definition) is 1. The summed E-state index contributed by atoms with van der Waals surface area (Å²) in [5.74, 6) is 0.835. The van der Waals surface area contributed by atoms with Crippen LogP contribution in [0.5, 0.6) is 11.5 Å². The summed E-state index contributed by atoms with van der Waals surface area (Å²) in [6, 6.07) is 22.6. The monoisotopic (exact) mass is 479 g/mol. The molecule has 0 saturated carbocycles. The molecule has 1 atom stereocenters. The molecule has 1 unspecified atom stereocenters. The van der Waals surface area contributed by atoms with E-state index in [9.17, 15) is 13.2 Å². The summed E-state index contributed by atoms with van der Waals surface area (Å²) in [5, 5.41) is 2.84. The van der Waals surface area contributed by atoms with Crippen LogP contribution in [0.1, 0.15) is 19.8 Å². The molecule has 0 bridgehead atoms. The number of para-hydroxylation sites is 1. The molecule has 0 spiro atoms. The first-order valence-electron chi connectivity index (χ1n) is 11.3. The van der Waals surface area contributed by atoms with Crippen molar-refractivity contribution >= 4 is 33.0 Å². The van der Waals surface area contributed by atoms with Crippen LogP contribution in [0.2, 0.25) is 0 Å². The van der Waals surface area contributed by atoms with Crippen molar-refractivity contribution < 1.29 is 17.9 Å². The average molecular weight is 480 g/mol. The van der Waals surface area contributed by atoms with Gasteiger partial charge in [0.1, 0.15) is 17.5 Å². The molecule has 7 nitrogen and oxygen atoms in total. The molecule has 4 rings (SSSR count). The summed E-state index contributed by atoms with van der Waals surface area (Å²) in [4.78, 5) is 15.3. The van der Waals surface area contributed by atoms with Crippen molar-refractivity contribution in [1.82, 2.24) is 0 Å². The molecule has 1 amide bonds. The molecule has 0 radical (unpaired) electrons. The molecule has 1 N–H and O–H groups in total. The van der Waals surface area contributed by atoms with Gasteiger partial charge in [-0.15, -0.1) is 0 Å². The molecule has 0 aromatic heterocycles. The maximum absolute atomic E-state index is 13.0. The van der Waals surface area contributed by atoms with E-state index in [2.05, 4.69) is 10.2 Å². The molecule has 1 heterocycles. The first-order chi connectivity index (χ1) is 16.3. The fraction of sp³-hybridized carbons (Fsp3) is 0.269. The largest absolute Gasteiger partial charge is 0.457 e. The summed E-state index contributed by atoms with van der Waals surface area (Å²) in [6.45, 7) is 3.66. The fourth-order valence-corrected chi connectivity index (χ4v) is 5.25. The zero-order valence-electron chi connectivity index (χ0n) is 19.3. The number of carbonyl (C=O) groups is 1. The van der Waals surface area contributed by atoms with E-state index in [0.29, 0.717) is 22.9 Å². The predicted octanol–water partition coefficient (Wildman–Crippen LogP) is 4.87. The van der Waals surface area contributed by atoms with Crippen molar-refractivity contribution in [3.63, 3.8) is 0 Å². The van der Waals surface area contributed by atoms with Gasteiger partial charge >= 0.3 is 0 Å². The smallest absolute Gasteiger partial charge is 0.247 e. The molecular formula is C26H29N3O4S. The molecule has 34 heavy (non-hydrogen) atoms. The number of rotatable bonds is 8. The van der Waals surface area contributed by atoms with Gasteiger partial charge in [0.25, 0.3) is 0 Å². The highest BCUT2D eigenvalue weighted by atomic mass is 32.2. The van der Waals surface area contributed by atoms with Crippen LogP contribution in [0.25, 0.3) is 0 Å². The maximum Gasteiger partial charge on any atom is 0.247 e. The van der Waals surface area contributed by atoms with Crippen LogP contribution in [-0.2, 0) is 14.8 Å². The van der Waals surface area contributed by atoms with Gasteiger partial charge in [-0.1, -0.05) is 18.2 Å². The first kappa shape index (κ1) is 23.6. The van der Waals surface area contributed by atoms with E-state index in [0.717, 1.165) is 29.3 Å². The van der Waals surface area contributed by atoms with Gasteiger partial charge in [0.05, 0.1) is 11.9 Å². The van der Waals surface area contributed by atoms with Crippen molar-refractivity contribution in [3.8, 4) is 11.5 Å². The van der Waals surface area contributed by atoms with Gasteiger partial charge in [0.15, 0.2) is 0 Å². The molecule has 1 fully saturated rings. The number of sulfonamides is 1. The molecule has 8 heteroatoms. The Morgan fingerprint density at radius 3 is 2.09 bits per heavy atom. The molecule has 3 aromatic rings. The zero-order chi connectivity index (χ0) is 24.1. The Bertz CT molecular complexity index is 1210. The highest BCUT2D eigenvalue weighted by molar-refractivity contribution is 7.92. The van der Waals surface area contributed by atoms with E-state index in [1.54, 1.807) is 31.2 Å². The van der Waals surface area contributed by atoms with E-state index >= 15 is 0 Å². The van der Waals surface area contributed by atoms with Crippen molar-refractivity contribution in [2.24, 2.45) is 0 Å². The van der Waals surface area contributed by atoms with Crippen LogP contribution in [0.15, 0.2) is 78.9 Å². The third-order valence-corrected chi connectivity index (χ3v) is 7.01. The van der Waals surface area contributed by atoms with Crippen LogP contribution in [0.4, 0.5) is 17.1 Å². The Balaban J connectivity index is 1.46. The Hall–Kier alpha value is -3.52. The van der Waals surface area contributed by atoms with E-state index in [1.807, 2.05) is 54.6 Å². The van der Waals surface area contributed by atoms with Crippen LogP contribution in [-0.4, -0.2) is 39.7 Å². The Kier molecular flexibility index (Phi) is 7.07. The van der Waals surface area contributed by atoms with Crippen LogP contribution in [0, 0.1) is 0 Å². The van der Waals surface area contributed by atoms with Crippen molar-refractivity contribution in [1.29, 1.82) is 0 Å². The number of benzene rings is 3.